The van der Waals surface area contributed by atoms with Crippen molar-refractivity contribution in [3.8, 4) is 0 Å². The predicted octanol–water partition coefficient (Wildman–Crippen LogP) is 4.43. The van der Waals surface area contributed by atoms with Gasteiger partial charge in [-0.15, -0.1) is 0 Å². The average Bonchev–Trinajstić information content (AvgIpc) is 2.42. The van der Waals surface area contributed by atoms with Crippen LogP contribution in [-0.4, -0.2) is 6.61 Å². The van der Waals surface area contributed by atoms with Crippen molar-refractivity contribution in [1.82, 2.24) is 0 Å². The summed E-state index contributed by atoms with van der Waals surface area (Å²) in [6, 6.07) is 12.9. The summed E-state index contributed by atoms with van der Waals surface area (Å²) in [5, 5.41) is 2.50. The number of rotatable bonds is 6. The molecule has 0 atom stereocenters. The van der Waals surface area contributed by atoms with Crippen molar-refractivity contribution < 1.29 is 9.78 Å². The van der Waals surface area contributed by atoms with Crippen LogP contribution in [0.5, 0.6) is 0 Å². The molecule has 0 aliphatic heterocycles. The molecule has 0 fully saturated rings. The van der Waals surface area contributed by atoms with Gasteiger partial charge >= 0.3 is 0 Å². The topological polar surface area (TPSA) is 18.5 Å². The SMILES string of the molecule is C=C(C)COOCc1ccc2cc(CC)ccc2c1. The third-order valence-corrected chi connectivity index (χ3v) is 2.99. The van der Waals surface area contributed by atoms with Gasteiger partial charge in [0.05, 0.1) is 0 Å². The number of aryl methyl sites for hydroxylation is 1. The van der Waals surface area contributed by atoms with Gasteiger partial charge in [0.25, 0.3) is 0 Å². The van der Waals surface area contributed by atoms with Crippen molar-refractivity contribution in [1.29, 1.82) is 0 Å². The number of fused-ring (bicyclic) bond motifs is 1. The minimum absolute atomic E-state index is 0.438. The summed E-state index contributed by atoms with van der Waals surface area (Å²) < 4.78 is 0. The average molecular weight is 256 g/mol. The first-order chi connectivity index (χ1) is 9.19. The van der Waals surface area contributed by atoms with Crippen molar-refractivity contribution in [2.24, 2.45) is 0 Å². The van der Waals surface area contributed by atoms with Gasteiger partial charge in [-0.3, -0.25) is 0 Å². The molecule has 0 spiro atoms. The maximum atomic E-state index is 5.16. The molecule has 0 bridgehead atoms. The molecule has 0 amide bonds. The summed E-state index contributed by atoms with van der Waals surface area (Å²) in [5.41, 5.74) is 3.42. The van der Waals surface area contributed by atoms with Crippen molar-refractivity contribution in [3.63, 3.8) is 0 Å². The summed E-state index contributed by atoms with van der Waals surface area (Å²) in [6.07, 6.45) is 1.07. The first kappa shape index (κ1) is 13.8. The lowest BCUT2D eigenvalue weighted by Gasteiger charge is -2.06. The van der Waals surface area contributed by atoms with Crippen LogP contribution >= 0.6 is 0 Å². The molecule has 0 aromatic heterocycles. The Morgan fingerprint density at radius 2 is 1.63 bits per heavy atom. The minimum Gasteiger partial charge on any atom is -0.232 e. The summed E-state index contributed by atoms with van der Waals surface area (Å²) in [5.74, 6) is 0. The normalized spacial score (nSPS) is 10.8. The first-order valence-corrected chi connectivity index (χ1v) is 6.59. The van der Waals surface area contributed by atoms with Crippen LogP contribution in [0.4, 0.5) is 0 Å². The molecule has 2 aromatic carbocycles. The maximum absolute atomic E-state index is 5.16. The Morgan fingerprint density at radius 3 is 2.26 bits per heavy atom. The van der Waals surface area contributed by atoms with Crippen molar-refractivity contribution >= 4 is 10.8 Å². The lowest BCUT2D eigenvalue weighted by Crippen LogP contribution is -1.97. The van der Waals surface area contributed by atoms with Crippen molar-refractivity contribution in [2.75, 3.05) is 6.61 Å². The monoisotopic (exact) mass is 256 g/mol. The first-order valence-electron chi connectivity index (χ1n) is 6.59. The highest BCUT2D eigenvalue weighted by molar-refractivity contribution is 5.83. The molecule has 2 rings (SSSR count). The lowest BCUT2D eigenvalue weighted by atomic mass is 10.0. The standard InChI is InChI=1S/C17H20O2/c1-4-14-5-7-17-10-15(6-8-16(17)9-14)12-19-18-11-13(2)3/h5-10H,2,4,11-12H2,1,3H3. The highest BCUT2D eigenvalue weighted by atomic mass is 17.2. The third-order valence-electron chi connectivity index (χ3n) is 2.99. The molecule has 2 aromatic rings. The molecule has 100 valence electrons. The minimum atomic E-state index is 0.438. The third kappa shape index (κ3) is 3.91. The summed E-state index contributed by atoms with van der Waals surface area (Å²) >= 11 is 0. The quantitative estimate of drug-likeness (QED) is 0.329. The summed E-state index contributed by atoms with van der Waals surface area (Å²) in [7, 11) is 0. The molecule has 0 heterocycles. The Labute approximate surface area is 114 Å². The Hall–Kier alpha value is -1.64. The Bertz CT molecular complexity index is 572. The zero-order valence-electron chi connectivity index (χ0n) is 11.6. The van der Waals surface area contributed by atoms with Crippen LogP contribution in [0.3, 0.4) is 0 Å². The molecule has 19 heavy (non-hydrogen) atoms. The zero-order valence-corrected chi connectivity index (χ0v) is 11.6. The Balaban J connectivity index is 2.03. The molecule has 2 nitrogen and oxygen atoms in total. The van der Waals surface area contributed by atoms with Crippen LogP contribution in [0.25, 0.3) is 10.8 Å². The van der Waals surface area contributed by atoms with E-state index in [0.717, 1.165) is 17.6 Å². The van der Waals surface area contributed by atoms with Gasteiger partial charge in [-0.2, -0.15) is 0 Å². The summed E-state index contributed by atoms with van der Waals surface area (Å²) in [4.78, 5) is 10.2. The van der Waals surface area contributed by atoms with Crippen LogP contribution in [0.15, 0.2) is 48.6 Å². The molecule has 0 unspecified atom stereocenters. The van der Waals surface area contributed by atoms with E-state index in [9.17, 15) is 0 Å². The van der Waals surface area contributed by atoms with Gasteiger partial charge in [0.2, 0.25) is 0 Å². The van der Waals surface area contributed by atoms with E-state index in [4.69, 9.17) is 9.78 Å². The molecule has 2 heteroatoms. The fraction of sp³-hybridized carbons (Fsp3) is 0.294. The highest BCUT2D eigenvalue weighted by Crippen LogP contribution is 2.19. The van der Waals surface area contributed by atoms with E-state index in [1.165, 1.54) is 16.3 Å². The van der Waals surface area contributed by atoms with E-state index < -0.39 is 0 Å². The van der Waals surface area contributed by atoms with Crippen LogP contribution in [0, 0.1) is 0 Å². The number of hydrogen-bond acceptors (Lipinski definition) is 2. The smallest absolute Gasteiger partial charge is 0.107 e. The van der Waals surface area contributed by atoms with Crippen molar-refractivity contribution in [3.05, 3.63) is 59.7 Å². The molecule has 0 saturated heterocycles. The fourth-order valence-electron chi connectivity index (χ4n) is 1.91. The van der Waals surface area contributed by atoms with E-state index in [-0.39, 0.29) is 0 Å². The van der Waals surface area contributed by atoms with Crippen LogP contribution in [0.2, 0.25) is 0 Å². The summed E-state index contributed by atoms with van der Waals surface area (Å²) in [6.45, 7) is 8.72. The maximum Gasteiger partial charge on any atom is 0.107 e. The fourth-order valence-corrected chi connectivity index (χ4v) is 1.91. The van der Waals surface area contributed by atoms with E-state index in [1.807, 2.05) is 6.92 Å². The molecule has 0 N–H and O–H groups in total. The van der Waals surface area contributed by atoms with Gasteiger partial charge in [-0.1, -0.05) is 49.4 Å². The molecule has 0 saturated carbocycles. The van der Waals surface area contributed by atoms with Crippen molar-refractivity contribution in [2.45, 2.75) is 26.9 Å². The zero-order chi connectivity index (χ0) is 13.7. The van der Waals surface area contributed by atoms with E-state index in [2.05, 4.69) is 49.9 Å². The second-order valence-electron chi connectivity index (χ2n) is 4.85. The predicted molar refractivity (Wildman–Crippen MR) is 78.9 cm³/mol. The number of hydrogen-bond donors (Lipinski definition) is 0. The van der Waals surface area contributed by atoms with Gasteiger partial charge in [-0.05, 0) is 41.3 Å². The Kier molecular flexibility index (Phi) is 4.72. The molecule has 0 aliphatic carbocycles. The number of benzene rings is 2. The van der Waals surface area contributed by atoms with Gasteiger partial charge in [-0.25, -0.2) is 9.78 Å². The van der Waals surface area contributed by atoms with Crippen LogP contribution in [0.1, 0.15) is 25.0 Å². The lowest BCUT2D eigenvalue weighted by molar-refractivity contribution is -0.297. The van der Waals surface area contributed by atoms with E-state index in [0.29, 0.717) is 13.2 Å². The second-order valence-corrected chi connectivity index (χ2v) is 4.85. The molecular weight excluding hydrogens is 236 g/mol. The molecule has 0 radical (unpaired) electrons. The molecular formula is C17H20O2. The van der Waals surface area contributed by atoms with Gasteiger partial charge < -0.3 is 0 Å². The highest BCUT2D eigenvalue weighted by Gasteiger charge is 1.99. The van der Waals surface area contributed by atoms with Gasteiger partial charge in [0.15, 0.2) is 0 Å². The Morgan fingerprint density at radius 1 is 1.00 bits per heavy atom. The van der Waals surface area contributed by atoms with E-state index >= 15 is 0 Å². The van der Waals surface area contributed by atoms with E-state index in [1.54, 1.807) is 0 Å². The van der Waals surface area contributed by atoms with Gasteiger partial charge in [0, 0.05) is 0 Å². The van der Waals surface area contributed by atoms with Crippen LogP contribution in [-0.2, 0) is 22.8 Å². The van der Waals surface area contributed by atoms with Crippen LogP contribution < -0.4 is 0 Å². The molecule has 0 aliphatic rings. The second kappa shape index (κ2) is 6.50. The van der Waals surface area contributed by atoms with Gasteiger partial charge in [0.1, 0.15) is 13.2 Å². The largest absolute Gasteiger partial charge is 0.232 e.